The summed E-state index contributed by atoms with van der Waals surface area (Å²) in [7, 11) is -3.58. The normalized spacial score (nSPS) is 12.4. The molecule has 6 heteroatoms. The van der Waals surface area contributed by atoms with Crippen LogP contribution in [-0.2, 0) is 9.84 Å². The highest BCUT2D eigenvalue weighted by Gasteiger charge is 2.19. The quantitative estimate of drug-likeness (QED) is 0.533. The van der Waals surface area contributed by atoms with Crippen molar-refractivity contribution < 1.29 is 13.6 Å². The average Bonchev–Trinajstić information content (AvgIpc) is 2.45. The number of halogens is 1. The van der Waals surface area contributed by atoms with Crippen LogP contribution in [0.3, 0.4) is 0 Å². The second-order valence-electron chi connectivity index (χ2n) is 4.63. The Labute approximate surface area is 128 Å². The van der Waals surface area contributed by atoms with E-state index in [9.17, 15) is 8.42 Å². The predicted octanol–water partition coefficient (Wildman–Crippen LogP) is 3.30. The topological polar surface area (TPSA) is 66.7 Å². The molecule has 0 fully saturated rings. The first kappa shape index (κ1) is 15.5. The summed E-state index contributed by atoms with van der Waals surface area (Å²) >= 11 is 5.87. The molecule has 4 nitrogen and oxygen atoms in total. The molecule has 2 rings (SSSR count). The van der Waals surface area contributed by atoms with Crippen molar-refractivity contribution in [2.75, 3.05) is 5.75 Å². The first-order chi connectivity index (χ1) is 9.92. The van der Waals surface area contributed by atoms with E-state index in [4.69, 9.17) is 16.8 Å². The minimum Gasteiger partial charge on any atom is -0.411 e. The summed E-state index contributed by atoms with van der Waals surface area (Å²) in [4.78, 5) is 0.191. The zero-order valence-electron chi connectivity index (χ0n) is 11.3. The summed E-state index contributed by atoms with van der Waals surface area (Å²) in [5.41, 5.74) is 1.50. The SMILES string of the molecule is Cc1ccc(S(=O)(=O)C/C(=N\O)c2cccc(Cl)c2)cc1. The van der Waals surface area contributed by atoms with Gasteiger partial charge in [-0.05, 0) is 31.2 Å². The molecule has 21 heavy (non-hydrogen) atoms. The van der Waals surface area contributed by atoms with Crippen LogP contribution in [-0.4, -0.2) is 25.1 Å². The van der Waals surface area contributed by atoms with Gasteiger partial charge in [0.25, 0.3) is 0 Å². The van der Waals surface area contributed by atoms with E-state index >= 15 is 0 Å². The van der Waals surface area contributed by atoms with E-state index in [-0.39, 0.29) is 10.6 Å². The molecule has 0 unspecified atom stereocenters. The van der Waals surface area contributed by atoms with Gasteiger partial charge in [-0.3, -0.25) is 0 Å². The summed E-state index contributed by atoms with van der Waals surface area (Å²) in [6.45, 7) is 1.88. The monoisotopic (exact) mass is 323 g/mol. The lowest BCUT2D eigenvalue weighted by Crippen LogP contribution is -2.17. The summed E-state index contributed by atoms with van der Waals surface area (Å²) in [6.07, 6.45) is 0. The maximum Gasteiger partial charge on any atom is 0.184 e. The zero-order chi connectivity index (χ0) is 15.5. The lowest BCUT2D eigenvalue weighted by molar-refractivity contribution is 0.319. The fraction of sp³-hybridized carbons (Fsp3) is 0.133. The minimum atomic E-state index is -3.58. The lowest BCUT2D eigenvalue weighted by Gasteiger charge is -2.07. The molecule has 0 atom stereocenters. The molecular formula is C15H14ClNO3S. The molecule has 0 saturated heterocycles. The molecule has 0 spiro atoms. The number of hydrogen-bond acceptors (Lipinski definition) is 4. The summed E-state index contributed by atoms with van der Waals surface area (Å²) in [6, 6.07) is 13.1. The summed E-state index contributed by atoms with van der Waals surface area (Å²) < 4.78 is 24.7. The van der Waals surface area contributed by atoms with Crippen molar-refractivity contribution in [2.24, 2.45) is 5.16 Å². The average molecular weight is 324 g/mol. The molecular weight excluding hydrogens is 310 g/mol. The molecule has 0 aromatic heterocycles. The van der Waals surface area contributed by atoms with Gasteiger partial charge >= 0.3 is 0 Å². The van der Waals surface area contributed by atoms with Crippen molar-refractivity contribution in [1.82, 2.24) is 0 Å². The second kappa shape index (κ2) is 6.28. The number of rotatable bonds is 4. The molecule has 0 radical (unpaired) electrons. The van der Waals surface area contributed by atoms with E-state index in [0.29, 0.717) is 10.6 Å². The van der Waals surface area contributed by atoms with E-state index in [2.05, 4.69) is 5.16 Å². The third-order valence-corrected chi connectivity index (χ3v) is 4.86. The van der Waals surface area contributed by atoms with Gasteiger partial charge in [0.15, 0.2) is 9.84 Å². The van der Waals surface area contributed by atoms with Crippen LogP contribution >= 0.6 is 11.6 Å². The van der Waals surface area contributed by atoms with Gasteiger partial charge in [-0.25, -0.2) is 8.42 Å². The molecule has 2 aromatic rings. The van der Waals surface area contributed by atoms with Crippen LogP contribution in [0.15, 0.2) is 58.6 Å². The van der Waals surface area contributed by atoms with Crippen LogP contribution in [0.4, 0.5) is 0 Å². The van der Waals surface area contributed by atoms with Crippen molar-refractivity contribution in [3.63, 3.8) is 0 Å². The number of oxime groups is 1. The van der Waals surface area contributed by atoms with Gasteiger partial charge in [-0.15, -0.1) is 0 Å². The molecule has 0 aliphatic rings. The maximum atomic E-state index is 12.3. The third-order valence-electron chi connectivity index (χ3n) is 2.99. The fourth-order valence-corrected chi connectivity index (χ4v) is 3.34. The second-order valence-corrected chi connectivity index (χ2v) is 7.06. The Balaban J connectivity index is 2.32. The smallest absolute Gasteiger partial charge is 0.184 e. The van der Waals surface area contributed by atoms with Gasteiger partial charge in [-0.2, -0.15) is 0 Å². The van der Waals surface area contributed by atoms with Crippen molar-refractivity contribution in [1.29, 1.82) is 0 Å². The minimum absolute atomic E-state index is 0.0538. The molecule has 0 heterocycles. The fourth-order valence-electron chi connectivity index (χ4n) is 1.85. The van der Waals surface area contributed by atoms with E-state index in [0.717, 1.165) is 5.56 Å². The molecule has 1 N–H and O–H groups in total. The van der Waals surface area contributed by atoms with Crippen molar-refractivity contribution in [3.8, 4) is 0 Å². The Hall–Kier alpha value is -1.85. The highest BCUT2D eigenvalue weighted by molar-refractivity contribution is 7.92. The Morgan fingerprint density at radius 1 is 1.19 bits per heavy atom. The molecule has 0 aliphatic carbocycles. The van der Waals surface area contributed by atoms with Crippen molar-refractivity contribution in [2.45, 2.75) is 11.8 Å². The lowest BCUT2D eigenvalue weighted by atomic mass is 10.1. The standard InChI is InChI=1S/C15H14ClNO3S/c1-11-5-7-14(8-6-11)21(19,20)10-15(17-18)12-3-2-4-13(16)9-12/h2-9,18H,10H2,1H3/b17-15+. The van der Waals surface area contributed by atoms with Gasteiger partial charge in [0.2, 0.25) is 0 Å². The molecule has 2 aromatic carbocycles. The van der Waals surface area contributed by atoms with E-state index in [1.165, 1.54) is 12.1 Å². The van der Waals surface area contributed by atoms with Gasteiger partial charge in [-0.1, -0.05) is 46.6 Å². The first-order valence-corrected chi connectivity index (χ1v) is 8.22. The van der Waals surface area contributed by atoms with Crippen LogP contribution in [0.5, 0.6) is 0 Å². The Morgan fingerprint density at radius 2 is 1.86 bits per heavy atom. The Kier molecular flexibility index (Phi) is 4.65. The zero-order valence-corrected chi connectivity index (χ0v) is 12.9. The highest BCUT2D eigenvalue weighted by atomic mass is 35.5. The molecule has 0 saturated carbocycles. The van der Waals surface area contributed by atoms with Gasteiger partial charge in [0, 0.05) is 10.6 Å². The van der Waals surface area contributed by atoms with Crippen LogP contribution < -0.4 is 0 Å². The van der Waals surface area contributed by atoms with Crippen LogP contribution in [0.25, 0.3) is 0 Å². The number of hydrogen-bond donors (Lipinski definition) is 1. The largest absolute Gasteiger partial charge is 0.411 e. The van der Waals surface area contributed by atoms with Crippen molar-refractivity contribution in [3.05, 3.63) is 64.7 Å². The number of nitrogens with zero attached hydrogens (tertiary/aromatic N) is 1. The molecule has 0 amide bonds. The molecule has 0 aliphatic heterocycles. The Morgan fingerprint density at radius 3 is 2.43 bits per heavy atom. The van der Waals surface area contributed by atoms with Crippen LogP contribution in [0.2, 0.25) is 5.02 Å². The molecule has 110 valence electrons. The highest BCUT2D eigenvalue weighted by Crippen LogP contribution is 2.16. The number of aryl methyl sites for hydroxylation is 1. The Bertz CT molecular complexity index is 768. The predicted molar refractivity (Wildman–Crippen MR) is 83.0 cm³/mol. The summed E-state index contributed by atoms with van der Waals surface area (Å²) in [5.74, 6) is -0.396. The number of sulfone groups is 1. The van der Waals surface area contributed by atoms with Gasteiger partial charge in [0.05, 0.1) is 4.90 Å². The van der Waals surface area contributed by atoms with Crippen LogP contribution in [0.1, 0.15) is 11.1 Å². The van der Waals surface area contributed by atoms with E-state index in [1.807, 2.05) is 6.92 Å². The molecule has 0 bridgehead atoms. The maximum absolute atomic E-state index is 12.3. The van der Waals surface area contributed by atoms with E-state index in [1.54, 1.807) is 36.4 Å². The third kappa shape index (κ3) is 3.83. The van der Waals surface area contributed by atoms with E-state index < -0.39 is 15.6 Å². The van der Waals surface area contributed by atoms with Crippen molar-refractivity contribution >= 4 is 27.1 Å². The van der Waals surface area contributed by atoms with Gasteiger partial charge < -0.3 is 5.21 Å². The van der Waals surface area contributed by atoms with Gasteiger partial charge in [0.1, 0.15) is 11.5 Å². The summed E-state index contributed by atoms with van der Waals surface area (Å²) in [5, 5.41) is 12.7. The number of benzene rings is 2. The van der Waals surface area contributed by atoms with Crippen LogP contribution in [0, 0.1) is 6.92 Å². The first-order valence-electron chi connectivity index (χ1n) is 6.19.